The zero-order valence-electron chi connectivity index (χ0n) is 9.05. The highest BCUT2D eigenvalue weighted by molar-refractivity contribution is 6.29. The smallest absolute Gasteiger partial charge is 0.356 e. The molecule has 0 aliphatic rings. The van der Waals surface area contributed by atoms with Gasteiger partial charge in [0.2, 0.25) is 0 Å². The van der Waals surface area contributed by atoms with Crippen LogP contribution in [-0.2, 0) is 11.3 Å². The van der Waals surface area contributed by atoms with E-state index in [0.717, 1.165) is 5.56 Å². The molecule has 1 aromatic heterocycles. The fraction of sp³-hybridized carbons (Fsp3) is 0.400. The van der Waals surface area contributed by atoms with E-state index in [4.69, 9.17) is 16.3 Å². The number of aromatic nitrogens is 2. The van der Waals surface area contributed by atoms with Crippen molar-refractivity contribution < 1.29 is 9.53 Å². The van der Waals surface area contributed by atoms with Crippen LogP contribution >= 0.6 is 11.6 Å². The lowest BCUT2D eigenvalue weighted by atomic mass is 10.2. The minimum Gasteiger partial charge on any atom is -0.461 e. The van der Waals surface area contributed by atoms with Crippen LogP contribution in [0.3, 0.4) is 0 Å². The molecule has 0 amide bonds. The van der Waals surface area contributed by atoms with Crippen molar-refractivity contribution in [2.24, 2.45) is 0 Å². The molecule has 6 heteroatoms. The minimum absolute atomic E-state index is 0.337. The van der Waals surface area contributed by atoms with Gasteiger partial charge < -0.3 is 10.1 Å². The maximum absolute atomic E-state index is 11.5. The highest BCUT2D eigenvalue weighted by atomic mass is 35.5. The summed E-state index contributed by atoms with van der Waals surface area (Å²) in [7, 11) is 0. The molecule has 0 unspecified atom stereocenters. The maximum Gasteiger partial charge on any atom is 0.356 e. The summed E-state index contributed by atoms with van der Waals surface area (Å²) in [5.41, 5.74) is 1.12. The van der Waals surface area contributed by atoms with Crippen molar-refractivity contribution in [3.63, 3.8) is 0 Å². The van der Waals surface area contributed by atoms with Crippen molar-refractivity contribution >= 4 is 17.6 Å². The van der Waals surface area contributed by atoms with E-state index in [1.165, 1.54) is 0 Å². The Balaban J connectivity index is 2.56. The van der Waals surface area contributed by atoms with Crippen molar-refractivity contribution in [1.29, 1.82) is 0 Å². The van der Waals surface area contributed by atoms with Gasteiger partial charge in [0.1, 0.15) is 5.69 Å². The molecular weight excluding hydrogens is 230 g/mol. The third-order valence-corrected chi connectivity index (χ3v) is 1.96. The lowest BCUT2D eigenvalue weighted by Crippen LogP contribution is -2.17. The van der Waals surface area contributed by atoms with Crippen LogP contribution in [-0.4, -0.2) is 29.3 Å². The summed E-state index contributed by atoms with van der Waals surface area (Å²) in [6.45, 7) is 6.60. The second kappa shape index (κ2) is 6.30. The molecule has 0 aromatic carbocycles. The molecule has 1 aromatic rings. The van der Waals surface area contributed by atoms with Gasteiger partial charge in [0.15, 0.2) is 0 Å². The van der Waals surface area contributed by atoms with Gasteiger partial charge in [0.05, 0.1) is 12.8 Å². The first kappa shape index (κ1) is 12.7. The van der Waals surface area contributed by atoms with Gasteiger partial charge in [-0.15, -0.1) is 0 Å². The van der Waals surface area contributed by atoms with E-state index in [-0.39, 0.29) is 0 Å². The lowest BCUT2D eigenvalue weighted by molar-refractivity contribution is 0.0518. The first-order valence-corrected chi connectivity index (χ1v) is 5.26. The summed E-state index contributed by atoms with van der Waals surface area (Å²) in [5, 5.41) is 9.95. The summed E-state index contributed by atoms with van der Waals surface area (Å²) in [4.78, 5) is 11.5. The van der Waals surface area contributed by atoms with E-state index < -0.39 is 5.97 Å². The Hall–Kier alpha value is -1.33. The second-order valence-electron chi connectivity index (χ2n) is 3.11. The van der Waals surface area contributed by atoms with Crippen LogP contribution in [0.2, 0.25) is 0 Å². The number of aromatic amines is 1. The topological polar surface area (TPSA) is 67.0 Å². The van der Waals surface area contributed by atoms with E-state index in [1.54, 1.807) is 13.1 Å². The molecule has 0 atom stereocenters. The fourth-order valence-electron chi connectivity index (χ4n) is 1.16. The van der Waals surface area contributed by atoms with E-state index in [0.29, 0.717) is 30.4 Å². The quantitative estimate of drug-likeness (QED) is 0.742. The number of hydrogen-bond donors (Lipinski definition) is 2. The Bertz CT molecular complexity index is 376. The molecule has 16 heavy (non-hydrogen) atoms. The zero-order valence-corrected chi connectivity index (χ0v) is 9.80. The minimum atomic E-state index is -0.401. The van der Waals surface area contributed by atoms with Gasteiger partial charge in [0, 0.05) is 23.7 Å². The number of ether oxygens (including phenoxy) is 1. The van der Waals surface area contributed by atoms with E-state index in [1.807, 2.05) is 0 Å². The Kier molecular flexibility index (Phi) is 5.01. The van der Waals surface area contributed by atoms with Crippen molar-refractivity contribution in [2.45, 2.75) is 13.5 Å². The Labute approximate surface area is 98.8 Å². The normalized spacial score (nSPS) is 10.1. The average molecular weight is 244 g/mol. The van der Waals surface area contributed by atoms with Crippen LogP contribution in [0.15, 0.2) is 17.8 Å². The molecule has 0 bridgehead atoms. The third-order valence-electron chi connectivity index (χ3n) is 1.83. The first-order chi connectivity index (χ1) is 7.65. The van der Waals surface area contributed by atoms with Gasteiger partial charge in [-0.3, -0.25) is 5.10 Å². The number of halogens is 1. The van der Waals surface area contributed by atoms with Crippen molar-refractivity contribution in [3.05, 3.63) is 29.1 Å². The number of esters is 1. The zero-order chi connectivity index (χ0) is 12.0. The van der Waals surface area contributed by atoms with Crippen LogP contribution in [0.25, 0.3) is 0 Å². The molecule has 0 saturated heterocycles. The molecular formula is C10H14ClN3O2. The van der Waals surface area contributed by atoms with Gasteiger partial charge in [-0.05, 0) is 6.92 Å². The number of carbonyl (C=O) groups is 1. The van der Waals surface area contributed by atoms with Gasteiger partial charge in [-0.25, -0.2) is 4.79 Å². The van der Waals surface area contributed by atoms with Gasteiger partial charge in [-0.2, -0.15) is 5.10 Å². The standard InChI is InChI=1S/C10H14ClN3O2/c1-3-16-10(15)9-8(6-13-14-9)5-12-4-7(2)11/h6,12H,2-5H2,1H3,(H,13,14). The van der Waals surface area contributed by atoms with Gasteiger partial charge in [0.25, 0.3) is 0 Å². The van der Waals surface area contributed by atoms with E-state index >= 15 is 0 Å². The molecule has 0 fully saturated rings. The van der Waals surface area contributed by atoms with Crippen LogP contribution in [0.4, 0.5) is 0 Å². The largest absolute Gasteiger partial charge is 0.461 e. The maximum atomic E-state index is 11.5. The molecule has 2 N–H and O–H groups in total. The molecule has 0 aliphatic heterocycles. The summed E-state index contributed by atoms with van der Waals surface area (Å²) in [5.74, 6) is -0.401. The molecule has 0 spiro atoms. The van der Waals surface area contributed by atoms with Crippen LogP contribution < -0.4 is 5.32 Å². The van der Waals surface area contributed by atoms with Crippen molar-refractivity contribution in [3.8, 4) is 0 Å². The van der Waals surface area contributed by atoms with Crippen molar-refractivity contribution in [2.75, 3.05) is 13.2 Å². The molecule has 0 aliphatic carbocycles. The number of nitrogens with zero attached hydrogens (tertiary/aromatic N) is 1. The average Bonchev–Trinajstić information content (AvgIpc) is 2.66. The number of rotatable bonds is 6. The van der Waals surface area contributed by atoms with Crippen molar-refractivity contribution in [1.82, 2.24) is 15.5 Å². The Morgan fingerprint density at radius 1 is 1.75 bits per heavy atom. The monoisotopic (exact) mass is 243 g/mol. The van der Waals surface area contributed by atoms with Crippen LogP contribution in [0, 0.1) is 0 Å². The van der Waals surface area contributed by atoms with Gasteiger partial charge in [-0.1, -0.05) is 18.2 Å². The van der Waals surface area contributed by atoms with Crippen LogP contribution in [0.5, 0.6) is 0 Å². The number of H-pyrrole nitrogens is 1. The van der Waals surface area contributed by atoms with Gasteiger partial charge >= 0.3 is 5.97 Å². The lowest BCUT2D eigenvalue weighted by Gasteiger charge is -2.04. The summed E-state index contributed by atoms with van der Waals surface area (Å²) in [6, 6.07) is 0. The summed E-state index contributed by atoms with van der Waals surface area (Å²) in [6.07, 6.45) is 1.58. The van der Waals surface area contributed by atoms with E-state index in [9.17, 15) is 4.79 Å². The molecule has 88 valence electrons. The summed E-state index contributed by atoms with van der Waals surface area (Å²) >= 11 is 5.60. The number of hydrogen-bond acceptors (Lipinski definition) is 4. The summed E-state index contributed by atoms with van der Waals surface area (Å²) < 4.78 is 4.87. The molecule has 1 heterocycles. The fourth-order valence-corrected chi connectivity index (χ4v) is 1.25. The number of nitrogens with one attached hydrogen (secondary N) is 2. The number of carbonyl (C=O) groups excluding carboxylic acids is 1. The Morgan fingerprint density at radius 3 is 3.12 bits per heavy atom. The molecule has 5 nitrogen and oxygen atoms in total. The van der Waals surface area contributed by atoms with Crippen LogP contribution in [0.1, 0.15) is 23.0 Å². The third kappa shape index (κ3) is 3.67. The predicted molar refractivity (Wildman–Crippen MR) is 61.2 cm³/mol. The highest BCUT2D eigenvalue weighted by Crippen LogP contribution is 2.06. The SMILES string of the molecule is C=C(Cl)CNCc1cn[nH]c1C(=O)OCC. The molecule has 0 saturated carbocycles. The first-order valence-electron chi connectivity index (χ1n) is 4.88. The van der Waals surface area contributed by atoms with E-state index in [2.05, 4.69) is 22.1 Å². The molecule has 0 radical (unpaired) electrons. The second-order valence-corrected chi connectivity index (χ2v) is 3.65. The molecule has 1 rings (SSSR count). The highest BCUT2D eigenvalue weighted by Gasteiger charge is 2.14. The Morgan fingerprint density at radius 2 is 2.50 bits per heavy atom. The predicted octanol–water partition coefficient (Wildman–Crippen LogP) is 1.43.